The molecule has 1 fully saturated rings. The average Bonchev–Trinajstić information content (AvgIpc) is 3.27. The lowest BCUT2D eigenvalue weighted by molar-refractivity contribution is 0.0954. The lowest BCUT2D eigenvalue weighted by Crippen LogP contribution is -2.24. The molecular formula is C16H17NO2. The van der Waals surface area contributed by atoms with Crippen LogP contribution in [0.2, 0.25) is 0 Å². The minimum absolute atomic E-state index is 0.00788. The van der Waals surface area contributed by atoms with Crippen molar-refractivity contribution in [2.45, 2.75) is 18.9 Å². The molecule has 1 N–H and O–H groups in total. The molecule has 0 spiro atoms. The number of hydrogen-bond acceptors (Lipinski definition) is 2. The molecule has 0 bridgehead atoms. The minimum Gasteiger partial charge on any atom is -0.373 e. The third-order valence-electron chi connectivity index (χ3n) is 3.43. The van der Waals surface area contributed by atoms with Crippen LogP contribution < -0.4 is 5.32 Å². The number of epoxide rings is 1. The van der Waals surface area contributed by atoms with E-state index in [1.165, 1.54) is 0 Å². The van der Waals surface area contributed by atoms with Crippen LogP contribution in [0.5, 0.6) is 0 Å². The minimum atomic E-state index is 0.00788. The molecule has 1 aliphatic rings. The molecule has 98 valence electrons. The van der Waals surface area contributed by atoms with E-state index in [2.05, 4.69) is 5.32 Å². The topological polar surface area (TPSA) is 41.6 Å². The van der Waals surface area contributed by atoms with Crippen molar-refractivity contribution in [1.29, 1.82) is 0 Å². The molecule has 3 heteroatoms. The van der Waals surface area contributed by atoms with Gasteiger partial charge in [-0.1, -0.05) is 36.4 Å². The maximum atomic E-state index is 12.2. The summed E-state index contributed by atoms with van der Waals surface area (Å²) in [4.78, 5) is 12.2. The number of carbonyl (C=O) groups excluding carboxylic acids is 1. The molecule has 2 aromatic carbocycles. The number of hydrogen-bond donors (Lipinski definition) is 1. The van der Waals surface area contributed by atoms with Crippen molar-refractivity contribution in [1.82, 2.24) is 5.32 Å². The molecule has 3 nitrogen and oxygen atoms in total. The van der Waals surface area contributed by atoms with Gasteiger partial charge in [0, 0.05) is 12.1 Å². The van der Waals surface area contributed by atoms with Gasteiger partial charge in [0.15, 0.2) is 0 Å². The molecule has 0 aliphatic carbocycles. The third kappa shape index (κ3) is 2.93. The number of rotatable bonds is 5. The van der Waals surface area contributed by atoms with Gasteiger partial charge in [-0.25, -0.2) is 0 Å². The molecule has 0 saturated carbocycles. The largest absolute Gasteiger partial charge is 0.373 e. The Kier molecular flexibility index (Phi) is 3.47. The van der Waals surface area contributed by atoms with Crippen molar-refractivity contribution < 1.29 is 9.53 Å². The zero-order chi connectivity index (χ0) is 13.1. The predicted molar refractivity (Wildman–Crippen MR) is 75.3 cm³/mol. The Morgan fingerprint density at radius 2 is 2.00 bits per heavy atom. The second-order valence-corrected chi connectivity index (χ2v) is 4.88. The summed E-state index contributed by atoms with van der Waals surface area (Å²) in [5.74, 6) is 0.00788. The van der Waals surface area contributed by atoms with Crippen molar-refractivity contribution in [3.8, 4) is 0 Å². The van der Waals surface area contributed by atoms with E-state index < -0.39 is 0 Å². The number of fused-ring (bicyclic) bond motifs is 1. The maximum Gasteiger partial charge on any atom is 0.251 e. The van der Waals surface area contributed by atoms with Crippen molar-refractivity contribution in [2.24, 2.45) is 0 Å². The molecule has 1 heterocycles. The SMILES string of the molecule is O=C(NCCC[C@@H]1CO1)c1cccc2ccccc12. The zero-order valence-corrected chi connectivity index (χ0v) is 10.8. The van der Waals surface area contributed by atoms with Gasteiger partial charge in [0.1, 0.15) is 0 Å². The highest BCUT2D eigenvalue weighted by Gasteiger charge is 2.21. The number of nitrogens with one attached hydrogen (secondary N) is 1. The highest BCUT2D eigenvalue weighted by Crippen LogP contribution is 2.18. The van der Waals surface area contributed by atoms with Gasteiger partial charge < -0.3 is 10.1 Å². The van der Waals surface area contributed by atoms with Crippen LogP contribution in [0.1, 0.15) is 23.2 Å². The Balaban J connectivity index is 1.66. The van der Waals surface area contributed by atoms with Crippen LogP contribution in [0.15, 0.2) is 42.5 Å². The van der Waals surface area contributed by atoms with Crippen molar-refractivity contribution in [3.05, 3.63) is 48.0 Å². The molecule has 0 radical (unpaired) electrons. The van der Waals surface area contributed by atoms with Crippen LogP contribution in [-0.2, 0) is 4.74 Å². The van der Waals surface area contributed by atoms with E-state index in [1.807, 2.05) is 42.5 Å². The first-order valence-electron chi connectivity index (χ1n) is 6.72. The second kappa shape index (κ2) is 5.41. The third-order valence-corrected chi connectivity index (χ3v) is 3.43. The van der Waals surface area contributed by atoms with Gasteiger partial charge in [0.2, 0.25) is 0 Å². The average molecular weight is 255 g/mol. The fourth-order valence-electron chi connectivity index (χ4n) is 2.28. The monoisotopic (exact) mass is 255 g/mol. The molecule has 2 aromatic rings. The van der Waals surface area contributed by atoms with E-state index in [-0.39, 0.29) is 5.91 Å². The standard InChI is InChI=1S/C16H17NO2/c18-16(17-10-4-7-13-11-19-13)15-9-3-6-12-5-1-2-8-14(12)15/h1-3,5-6,8-9,13H,4,7,10-11H2,(H,17,18)/t13-/m1/s1. The summed E-state index contributed by atoms with van der Waals surface area (Å²) in [5, 5.41) is 5.09. The predicted octanol–water partition coefficient (Wildman–Crippen LogP) is 2.75. The first-order chi connectivity index (χ1) is 9.34. The van der Waals surface area contributed by atoms with E-state index in [0.29, 0.717) is 12.6 Å². The highest BCUT2D eigenvalue weighted by molar-refractivity contribution is 6.06. The van der Waals surface area contributed by atoms with E-state index in [4.69, 9.17) is 4.74 Å². The van der Waals surface area contributed by atoms with Gasteiger partial charge in [0.25, 0.3) is 5.91 Å². The molecule has 1 saturated heterocycles. The van der Waals surface area contributed by atoms with E-state index in [0.717, 1.165) is 35.8 Å². The van der Waals surface area contributed by atoms with Gasteiger partial charge >= 0.3 is 0 Å². The van der Waals surface area contributed by atoms with Gasteiger partial charge in [-0.15, -0.1) is 0 Å². The number of ether oxygens (including phenoxy) is 1. The Hall–Kier alpha value is -1.87. The summed E-state index contributed by atoms with van der Waals surface area (Å²) < 4.78 is 5.15. The summed E-state index contributed by atoms with van der Waals surface area (Å²) in [6.45, 7) is 1.60. The fraction of sp³-hybridized carbons (Fsp3) is 0.312. The highest BCUT2D eigenvalue weighted by atomic mass is 16.6. The zero-order valence-electron chi connectivity index (χ0n) is 10.8. The molecule has 19 heavy (non-hydrogen) atoms. The van der Waals surface area contributed by atoms with Gasteiger partial charge in [-0.05, 0) is 29.7 Å². The first kappa shape index (κ1) is 12.2. The Morgan fingerprint density at radius 1 is 1.21 bits per heavy atom. The van der Waals surface area contributed by atoms with Crippen LogP contribution in [-0.4, -0.2) is 25.2 Å². The Morgan fingerprint density at radius 3 is 2.84 bits per heavy atom. The smallest absolute Gasteiger partial charge is 0.251 e. The van der Waals surface area contributed by atoms with Crippen LogP contribution in [0.4, 0.5) is 0 Å². The van der Waals surface area contributed by atoms with Crippen LogP contribution in [0.25, 0.3) is 10.8 Å². The Bertz CT molecular complexity index is 585. The van der Waals surface area contributed by atoms with E-state index >= 15 is 0 Å². The van der Waals surface area contributed by atoms with Crippen LogP contribution in [0, 0.1) is 0 Å². The van der Waals surface area contributed by atoms with E-state index in [9.17, 15) is 4.79 Å². The first-order valence-corrected chi connectivity index (χ1v) is 6.72. The Labute approximate surface area is 112 Å². The van der Waals surface area contributed by atoms with Crippen LogP contribution in [0.3, 0.4) is 0 Å². The molecule has 0 unspecified atom stereocenters. The number of carbonyl (C=O) groups is 1. The van der Waals surface area contributed by atoms with Crippen molar-refractivity contribution in [3.63, 3.8) is 0 Å². The second-order valence-electron chi connectivity index (χ2n) is 4.88. The molecule has 1 atom stereocenters. The molecular weight excluding hydrogens is 238 g/mol. The summed E-state index contributed by atoms with van der Waals surface area (Å²) in [7, 11) is 0. The summed E-state index contributed by atoms with van der Waals surface area (Å²) in [6, 6.07) is 13.8. The molecule has 1 amide bonds. The van der Waals surface area contributed by atoms with E-state index in [1.54, 1.807) is 0 Å². The van der Waals surface area contributed by atoms with Gasteiger partial charge in [-0.2, -0.15) is 0 Å². The molecule has 0 aromatic heterocycles. The maximum absolute atomic E-state index is 12.2. The normalized spacial score (nSPS) is 17.4. The van der Waals surface area contributed by atoms with Crippen LogP contribution >= 0.6 is 0 Å². The summed E-state index contributed by atoms with van der Waals surface area (Å²) >= 11 is 0. The molecule has 3 rings (SSSR count). The lowest BCUT2D eigenvalue weighted by atomic mass is 10.0. The molecule has 1 aliphatic heterocycles. The lowest BCUT2D eigenvalue weighted by Gasteiger charge is -2.07. The van der Waals surface area contributed by atoms with Gasteiger partial charge in [-0.3, -0.25) is 4.79 Å². The van der Waals surface area contributed by atoms with Crippen molar-refractivity contribution in [2.75, 3.05) is 13.2 Å². The summed E-state index contributed by atoms with van der Waals surface area (Å²) in [5.41, 5.74) is 0.751. The number of benzene rings is 2. The van der Waals surface area contributed by atoms with Crippen molar-refractivity contribution >= 4 is 16.7 Å². The summed E-state index contributed by atoms with van der Waals surface area (Å²) in [6.07, 6.45) is 2.45. The van der Waals surface area contributed by atoms with Gasteiger partial charge in [0.05, 0.1) is 12.7 Å². The fourth-order valence-corrected chi connectivity index (χ4v) is 2.28. The quantitative estimate of drug-likeness (QED) is 0.659. The number of amides is 1.